The molecule has 59 heavy (non-hydrogen) atoms. The predicted molar refractivity (Wildman–Crippen MR) is 242 cm³/mol. The van der Waals surface area contributed by atoms with Crippen molar-refractivity contribution in [1.82, 2.24) is 24.5 Å². The third-order valence-electron chi connectivity index (χ3n) is 11.2. The van der Waals surface area contributed by atoms with E-state index in [0.29, 0.717) is 18.1 Å². The topological polar surface area (TPSA) is 56.5 Å². The molecular formula is C54H41N5. The first-order valence-corrected chi connectivity index (χ1v) is 20.3. The molecule has 3 aromatic heterocycles. The molecule has 0 saturated heterocycles. The summed E-state index contributed by atoms with van der Waals surface area (Å²) in [4.78, 5) is 20.2. The van der Waals surface area contributed by atoms with Crippen molar-refractivity contribution in [1.29, 1.82) is 0 Å². The fourth-order valence-corrected chi connectivity index (χ4v) is 8.16. The molecule has 0 atom stereocenters. The second-order valence-corrected chi connectivity index (χ2v) is 14.9. The fraction of sp³-hybridized carbons (Fsp3) is 0.0741. The SMILES string of the molecule is c1ccc(-c2cnc(CCn3c4ccc(-c5ccccc5)cc4c4cc(-c5ccccc5)ccc43)c(CCc3nc(-c4ccccc4)nc(-c4ccccc4)n3)c2)cc1. The van der Waals surface area contributed by atoms with Gasteiger partial charge in [-0.1, -0.05) is 164 Å². The summed E-state index contributed by atoms with van der Waals surface area (Å²) in [6.45, 7) is 0.780. The summed E-state index contributed by atoms with van der Waals surface area (Å²) in [6.07, 6.45) is 4.19. The van der Waals surface area contributed by atoms with Crippen molar-refractivity contribution in [3.8, 4) is 56.2 Å². The zero-order valence-corrected chi connectivity index (χ0v) is 32.6. The Balaban J connectivity index is 1.03. The van der Waals surface area contributed by atoms with Crippen LogP contribution >= 0.6 is 0 Å². The van der Waals surface area contributed by atoms with Crippen LogP contribution in [-0.4, -0.2) is 24.5 Å². The second-order valence-electron chi connectivity index (χ2n) is 14.9. The summed E-state index contributed by atoms with van der Waals surface area (Å²) in [5, 5.41) is 2.51. The summed E-state index contributed by atoms with van der Waals surface area (Å²) in [5.41, 5.74) is 13.8. The molecule has 0 aliphatic carbocycles. The van der Waals surface area contributed by atoms with Gasteiger partial charge >= 0.3 is 0 Å². The largest absolute Gasteiger partial charge is 0.340 e. The van der Waals surface area contributed by atoms with Gasteiger partial charge in [0.2, 0.25) is 0 Å². The van der Waals surface area contributed by atoms with Crippen LogP contribution in [0.15, 0.2) is 200 Å². The van der Waals surface area contributed by atoms with Crippen molar-refractivity contribution in [3.63, 3.8) is 0 Å². The Morgan fingerprint density at radius 2 is 0.797 bits per heavy atom. The van der Waals surface area contributed by atoms with E-state index in [1.165, 1.54) is 49.6 Å². The zero-order chi connectivity index (χ0) is 39.4. The first kappa shape index (κ1) is 35.9. The van der Waals surface area contributed by atoms with E-state index in [1.807, 2.05) is 42.6 Å². The lowest BCUT2D eigenvalue weighted by Gasteiger charge is -2.14. The van der Waals surface area contributed by atoms with Crippen LogP contribution in [0.25, 0.3) is 78.0 Å². The maximum absolute atomic E-state index is 5.20. The zero-order valence-electron chi connectivity index (χ0n) is 32.6. The fourth-order valence-electron chi connectivity index (χ4n) is 8.16. The Morgan fingerprint density at radius 3 is 1.27 bits per heavy atom. The molecule has 0 amide bonds. The van der Waals surface area contributed by atoms with Crippen molar-refractivity contribution < 1.29 is 0 Å². The van der Waals surface area contributed by atoms with Crippen LogP contribution in [0, 0.1) is 0 Å². The average Bonchev–Trinajstić information content (AvgIpc) is 3.63. The lowest BCUT2D eigenvalue weighted by molar-refractivity contribution is 0.717. The number of hydrogen-bond acceptors (Lipinski definition) is 4. The van der Waals surface area contributed by atoms with E-state index >= 15 is 0 Å². The van der Waals surface area contributed by atoms with Crippen LogP contribution in [-0.2, 0) is 25.8 Å². The molecule has 0 aliphatic rings. The van der Waals surface area contributed by atoms with Gasteiger partial charge in [-0.25, -0.2) is 15.0 Å². The van der Waals surface area contributed by atoms with E-state index in [1.54, 1.807) is 0 Å². The van der Waals surface area contributed by atoms with Gasteiger partial charge in [0.25, 0.3) is 0 Å². The van der Waals surface area contributed by atoms with E-state index in [2.05, 4.69) is 162 Å². The number of nitrogens with zero attached hydrogens (tertiary/aromatic N) is 5. The van der Waals surface area contributed by atoms with Gasteiger partial charge in [-0.2, -0.15) is 0 Å². The molecule has 0 spiro atoms. The molecule has 0 bridgehead atoms. The van der Waals surface area contributed by atoms with Crippen molar-refractivity contribution in [2.24, 2.45) is 0 Å². The summed E-state index contributed by atoms with van der Waals surface area (Å²) in [5.74, 6) is 2.13. The molecule has 5 heteroatoms. The van der Waals surface area contributed by atoms with Gasteiger partial charge < -0.3 is 4.57 Å². The highest BCUT2D eigenvalue weighted by atomic mass is 15.0. The number of fused-ring (bicyclic) bond motifs is 3. The molecule has 3 heterocycles. The number of aromatic nitrogens is 5. The Hall–Kier alpha value is -7.50. The van der Waals surface area contributed by atoms with Crippen LogP contribution in [0.3, 0.4) is 0 Å². The maximum Gasteiger partial charge on any atom is 0.163 e. The van der Waals surface area contributed by atoms with Gasteiger partial charge in [0.1, 0.15) is 5.82 Å². The standard InChI is InChI=1S/C54H41N5/c1-6-16-38(17-7-1)43-26-29-50-47(35-43)48-36-44(39-18-8-2-9-19-39)27-30-51(48)59(50)33-32-49-45(34-46(37-55-49)40-20-10-3-11-21-40)28-31-52-56-53(41-22-12-4-13-23-41)58-54(57-52)42-24-14-5-15-25-42/h1-27,29-30,34-37H,28,31-33H2. The van der Waals surface area contributed by atoms with Crippen molar-refractivity contribution in [3.05, 3.63) is 217 Å². The molecule has 282 valence electrons. The van der Waals surface area contributed by atoms with Crippen molar-refractivity contribution in [2.75, 3.05) is 0 Å². The summed E-state index contributed by atoms with van der Waals surface area (Å²) in [6, 6.07) is 68.3. The number of aryl methyl sites for hydroxylation is 4. The Labute approximate surface area is 344 Å². The minimum absolute atomic E-state index is 0.648. The predicted octanol–water partition coefficient (Wildman–Crippen LogP) is 12.7. The Bertz CT molecular complexity index is 2860. The van der Waals surface area contributed by atoms with Crippen LogP contribution < -0.4 is 0 Å². The van der Waals surface area contributed by atoms with Crippen LogP contribution in [0.2, 0.25) is 0 Å². The monoisotopic (exact) mass is 759 g/mol. The molecule has 10 aromatic rings. The molecule has 0 radical (unpaired) electrons. The highest BCUT2D eigenvalue weighted by molar-refractivity contribution is 6.10. The van der Waals surface area contributed by atoms with E-state index in [4.69, 9.17) is 19.9 Å². The van der Waals surface area contributed by atoms with Gasteiger partial charge in [0.05, 0.1) is 0 Å². The molecule has 7 aromatic carbocycles. The first-order valence-electron chi connectivity index (χ1n) is 20.3. The molecular weight excluding hydrogens is 719 g/mol. The molecule has 0 aliphatic heterocycles. The van der Waals surface area contributed by atoms with Gasteiger partial charge in [-0.05, 0) is 70.1 Å². The molecule has 10 rings (SSSR count). The highest BCUT2D eigenvalue weighted by Crippen LogP contribution is 2.36. The number of pyridine rings is 1. The van der Waals surface area contributed by atoms with Crippen molar-refractivity contribution in [2.45, 2.75) is 25.8 Å². The Morgan fingerprint density at radius 1 is 0.356 bits per heavy atom. The average molecular weight is 760 g/mol. The van der Waals surface area contributed by atoms with Crippen molar-refractivity contribution >= 4 is 21.8 Å². The van der Waals surface area contributed by atoms with E-state index in [0.717, 1.165) is 53.2 Å². The third kappa shape index (κ3) is 7.54. The maximum atomic E-state index is 5.20. The lowest BCUT2D eigenvalue weighted by atomic mass is 9.99. The van der Waals surface area contributed by atoms with Gasteiger partial charge in [0.15, 0.2) is 11.6 Å². The van der Waals surface area contributed by atoms with Crippen LogP contribution in [0.4, 0.5) is 0 Å². The van der Waals surface area contributed by atoms with E-state index < -0.39 is 0 Å². The molecule has 0 N–H and O–H groups in total. The quantitative estimate of drug-likeness (QED) is 0.132. The Kier molecular flexibility index (Phi) is 9.83. The van der Waals surface area contributed by atoms with E-state index in [-0.39, 0.29) is 0 Å². The number of rotatable bonds is 11. The highest BCUT2D eigenvalue weighted by Gasteiger charge is 2.17. The minimum Gasteiger partial charge on any atom is -0.340 e. The summed E-state index contributed by atoms with van der Waals surface area (Å²) < 4.78 is 2.48. The normalized spacial score (nSPS) is 11.3. The molecule has 5 nitrogen and oxygen atoms in total. The molecule has 0 fully saturated rings. The lowest BCUT2D eigenvalue weighted by Crippen LogP contribution is -2.09. The summed E-state index contributed by atoms with van der Waals surface area (Å²) in [7, 11) is 0. The van der Waals surface area contributed by atoms with Gasteiger partial charge in [0, 0.05) is 69.8 Å². The van der Waals surface area contributed by atoms with Crippen LogP contribution in [0.1, 0.15) is 17.1 Å². The minimum atomic E-state index is 0.648. The number of hydrogen-bond donors (Lipinski definition) is 0. The van der Waals surface area contributed by atoms with Gasteiger partial charge in [-0.3, -0.25) is 4.98 Å². The number of benzene rings is 7. The van der Waals surface area contributed by atoms with E-state index in [9.17, 15) is 0 Å². The van der Waals surface area contributed by atoms with Gasteiger partial charge in [-0.15, -0.1) is 0 Å². The third-order valence-corrected chi connectivity index (χ3v) is 11.2. The second kappa shape index (κ2) is 16.2. The van der Waals surface area contributed by atoms with Crippen LogP contribution in [0.5, 0.6) is 0 Å². The smallest absolute Gasteiger partial charge is 0.163 e. The molecule has 0 unspecified atom stereocenters. The summed E-state index contributed by atoms with van der Waals surface area (Å²) >= 11 is 0. The first-order chi connectivity index (χ1) is 29.2. The molecule has 0 saturated carbocycles.